The van der Waals surface area contributed by atoms with E-state index in [1.165, 1.54) is 12.0 Å². The summed E-state index contributed by atoms with van der Waals surface area (Å²) in [5, 5.41) is 0. The number of carbonyl (C=O) groups excluding carboxylic acids is 2. The molecule has 4 rings (SSSR count). The van der Waals surface area contributed by atoms with Crippen molar-refractivity contribution in [2.75, 3.05) is 52.5 Å². The van der Waals surface area contributed by atoms with Gasteiger partial charge in [-0.2, -0.15) is 0 Å². The number of benzene rings is 2. The molecule has 8 heteroatoms. The van der Waals surface area contributed by atoms with Crippen molar-refractivity contribution in [3.05, 3.63) is 53.7 Å². The maximum atomic E-state index is 13.6. The summed E-state index contributed by atoms with van der Waals surface area (Å²) in [5.74, 6) is 0.818. The summed E-state index contributed by atoms with van der Waals surface area (Å²) in [7, 11) is 4.61. The lowest BCUT2D eigenvalue weighted by molar-refractivity contribution is -0.121. The van der Waals surface area contributed by atoms with Gasteiger partial charge in [-0.15, -0.1) is 0 Å². The van der Waals surface area contributed by atoms with Crippen molar-refractivity contribution in [3.8, 4) is 17.2 Å². The van der Waals surface area contributed by atoms with Gasteiger partial charge in [0.2, 0.25) is 0 Å². The fraction of sp³-hybridized carbons (Fsp3) is 0.304. The first-order valence-electron chi connectivity index (χ1n) is 9.91. The number of ether oxygens (including phenoxy) is 4. The number of methoxy groups -OCH3 is 3. The largest absolute Gasteiger partial charge is 0.497 e. The van der Waals surface area contributed by atoms with Gasteiger partial charge in [0.1, 0.15) is 22.9 Å². The van der Waals surface area contributed by atoms with Crippen LogP contribution in [0.1, 0.15) is 5.56 Å². The van der Waals surface area contributed by atoms with Crippen LogP contribution >= 0.6 is 0 Å². The molecule has 1 fully saturated rings. The lowest BCUT2D eigenvalue weighted by Crippen LogP contribution is -2.40. The number of nitrogens with zero attached hydrogens (tertiary/aromatic N) is 2. The third-order valence-corrected chi connectivity index (χ3v) is 5.39. The molecule has 0 radical (unpaired) electrons. The summed E-state index contributed by atoms with van der Waals surface area (Å²) >= 11 is 0. The number of hydrogen-bond donors (Lipinski definition) is 0. The molecule has 162 valence electrons. The van der Waals surface area contributed by atoms with Gasteiger partial charge in [-0.3, -0.25) is 9.59 Å². The fourth-order valence-corrected chi connectivity index (χ4v) is 3.80. The zero-order valence-corrected chi connectivity index (χ0v) is 17.7. The van der Waals surface area contributed by atoms with E-state index in [1.807, 2.05) is 4.90 Å². The highest BCUT2D eigenvalue weighted by Crippen LogP contribution is 2.40. The van der Waals surface area contributed by atoms with Crippen LogP contribution in [0.5, 0.6) is 17.2 Å². The van der Waals surface area contributed by atoms with Crippen LogP contribution in [0.15, 0.2) is 48.2 Å². The second-order valence-electron chi connectivity index (χ2n) is 7.04. The third-order valence-electron chi connectivity index (χ3n) is 5.39. The maximum Gasteiger partial charge on any atom is 0.282 e. The minimum Gasteiger partial charge on any atom is -0.497 e. The molecule has 2 aliphatic heterocycles. The first-order valence-corrected chi connectivity index (χ1v) is 9.91. The molecule has 31 heavy (non-hydrogen) atoms. The van der Waals surface area contributed by atoms with E-state index in [-0.39, 0.29) is 5.91 Å². The highest BCUT2D eigenvalue weighted by atomic mass is 16.5. The van der Waals surface area contributed by atoms with Gasteiger partial charge < -0.3 is 23.8 Å². The lowest BCUT2D eigenvalue weighted by atomic mass is 10.0. The van der Waals surface area contributed by atoms with Crippen LogP contribution < -0.4 is 19.1 Å². The summed E-state index contributed by atoms with van der Waals surface area (Å²) in [6.07, 6.45) is 0. The minimum atomic E-state index is -0.403. The molecule has 0 aliphatic carbocycles. The summed E-state index contributed by atoms with van der Waals surface area (Å²) in [4.78, 5) is 30.3. The SMILES string of the molecule is COc1ccc(C2=C(N3CCOCC3)C(=O)N(c3ccc(OC)cc3OC)C2=O)cc1. The van der Waals surface area contributed by atoms with Crippen molar-refractivity contribution in [1.82, 2.24) is 4.90 Å². The van der Waals surface area contributed by atoms with Crippen LogP contribution in [0.4, 0.5) is 5.69 Å². The van der Waals surface area contributed by atoms with Gasteiger partial charge in [0.05, 0.1) is 45.8 Å². The minimum absolute atomic E-state index is 0.354. The predicted molar refractivity (Wildman–Crippen MR) is 114 cm³/mol. The summed E-state index contributed by atoms with van der Waals surface area (Å²) in [6, 6.07) is 12.1. The van der Waals surface area contributed by atoms with Crippen molar-refractivity contribution in [1.29, 1.82) is 0 Å². The average Bonchev–Trinajstić information content (AvgIpc) is 3.09. The molecular weight excluding hydrogens is 400 g/mol. The molecule has 0 atom stereocenters. The predicted octanol–water partition coefficient (Wildman–Crippen LogP) is 2.33. The lowest BCUT2D eigenvalue weighted by Gasteiger charge is -2.29. The second-order valence-corrected chi connectivity index (χ2v) is 7.04. The van der Waals surface area contributed by atoms with Crippen LogP contribution in [0.25, 0.3) is 5.57 Å². The number of anilines is 1. The Balaban J connectivity index is 1.82. The molecule has 2 aromatic carbocycles. The summed E-state index contributed by atoms with van der Waals surface area (Å²) in [5.41, 5.74) is 1.74. The number of rotatable bonds is 6. The number of imide groups is 1. The first-order chi connectivity index (χ1) is 15.1. The van der Waals surface area contributed by atoms with Crippen molar-refractivity contribution in [2.24, 2.45) is 0 Å². The van der Waals surface area contributed by atoms with E-state index >= 15 is 0 Å². The van der Waals surface area contributed by atoms with Gasteiger partial charge in [-0.1, -0.05) is 12.1 Å². The van der Waals surface area contributed by atoms with Gasteiger partial charge in [-0.25, -0.2) is 4.90 Å². The number of amides is 2. The number of hydrogen-bond acceptors (Lipinski definition) is 7. The van der Waals surface area contributed by atoms with E-state index < -0.39 is 5.91 Å². The Hall–Kier alpha value is -3.52. The summed E-state index contributed by atoms with van der Waals surface area (Å²) < 4.78 is 21.4. The molecule has 0 N–H and O–H groups in total. The van der Waals surface area contributed by atoms with Crippen LogP contribution in [0, 0.1) is 0 Å². The smallest absolute Gasteiger partial charge is 0.282 e. The Labute approximate surface area is 180 Å². The van der Waals surface area contributed by atoms with Crippen molar-refractivity contribution < 1.29 is 28.5 Å². The van der Waals surface area contributed by atoms with E-state index in [4.69, 9.17) is 18.9 Å². The Kier molecular flexibility index (Phi) is 5.81. The van der Waals surface area contributed by atoms with E-state index in [2.05, 4.69) is 0 Å². The molecule has 0 unspecified atom stereocenters. The van der Waals surface area contributed by atoms with E-state index in [1.54, 1.807) is 56.7 Å². The summed E-state index contributed by atoms with van der Waals surface area (Å²) in [6.45, 7) is 2.04. The number of morpholine rings is 1. The van der Waals surface area contributed by atoms with E-state index in [0.717, 1.165) is 0 Å². The molecule has 1 saturated heterocycles. The normalized spacial score (nSPS) is 16.7. The quantitative estimate of drug-likeness (QED) is 0.659. The van der Waals surface area contributed by atoms with Crippen molar-refractivity contribution in [3.63, 3.8) is 0 Å². The van der Waals surface area contributed by atoms with Gasteiger partial charge in [-0.05, 0) is 29.8 Å². The van der Waals surface area contributed by atoms with E-state index in [9.17, 15) is 9.59 Å². The molecule has 2 aliphatic rings. The first kappa shape index (κ1) is 20.7. The Morgan fingerprint density at radius 1 is 0.806 bits per heavy atom. The average molecular weight is 424 g/mol. The Bertz CT molecular complexity index is 1020. The fourth-order valence-electron chi connectivity index (χ4n) is 3.80. The Morgan fingerprint density at radius 2 is 1.45 bits per heavy atom. The third kappa shape index (κ3) is 3.70. The molecule has 8 nitrogen and oxygen atoms in total. The maximum absolute atomic E-state index is 13.6. The topological polar surface area (TPSA) is 77.5 Å². The highest BCUT2D eigenvalue weighted by molar-refractivity contribution is 6.45. The monoisotopic (exact) mass is 424 g/mol. The van der Waals surface area contributed by atoms with Gasteiger partial charge >= 0.3 is 0 Å². The van der Waals surface area contributed by atoms with Crippen LogP contribution in [-0.2, 0) is 14.3 Å². The van der Waals surface area contributed by atoms with Crippen LogP contribution in [0.3, 0.4) is 0 Å². The number of carbonyl (C=O) groups is 2. The van der Waals surface area contributed by atoms with Crippen LogP contribution in [0.2, 0.25) is 0 Å². The zero-order chi connectivity index (χ0) is 22.0. The molecule has 0 aromatic heterocycles. The van der Waals surface area contributed by atoms with E-state index in [0.29, 0.717) is 66.1 Å². The second kappa shape index (κ2) is 8.69. The highest BCUT2D eigenvalue weighted by Gasteiger charge is 2.43. The van der Waals surface area contributed by atoms with Crippen molar-refractivity contribution in [2.45, 2.75) is 0 Å². The standard InChI is InChI=1S/C23H24N2O6/c1-28-16-6-4-15(5-7-16)20-21(24-10-12-31-13-11-24)23(27)25(22(20)26)18-9-8-17(29-2)14-19(18)30-3/h4-9,14H,10-13H2,1-3H3. The molecule has 2 heterocycles. The molecule has 0 spiro atoms. The van der Waals surface area contributed by atoms with Gasteiger partial charge in [0.25, 0.3) is 11.8 Å². The zero-order valence-electron chi connectivity index (χ0n) is 17.7. The molecule has 0 saturated carbocycles. The molecule has 2 amide bonds. The van der Waals surface area contributed by atoms with Gasteiger partial charge in [0.15, 0.2) is 0 Å². The molecule has 0 bridgehead atoms. The molecule has 2 aromatic rings. The Morgan fingerprint density at radius 3 is 2.06 bits per heavy atom. The molecular formula is C23H24N2O6. The van der Waals surface area contributed by atoms with Gasteiger partial charge in [0, 0.05) is 19.2 Å². The van der Waals surface area contributed by atoms with Crippen molar-refractivity contribution >= 4 is 23.1 Å². The van der Waals surface area contributed by atoms with Crippen LogP contribution in [-0.4, -0.2) is 64.3 Å².